The molecular weight excluding hydrogens is 240 g/mol. The number of carbonyl (C=O) groups excluding carboxylic acids is 1. The van der Waals surface area contributed by atoms with Gasteiger partial charge in [0.15, 0.2) is 5.78 Å². The third-order valence-corrected chi connectivity index (χ3v) is 5.74. The topological polar surface area (TPSA) is 17.1 Å². The zero-order valence-corrected chi connectivity index (χ0v) is 11.9. The molecule has 0 N–H and O–H groups in total. The molecule has 1 saturated carbocycles. The van der Waals surface area contributed by atoms with Crippen molar-refractivity contribution in [3.05, 3.63) is 41.0 Å². The Labute approximate surface area is 113 Å². The minimum absolute atomic E-state index is 0.161. The van der Waals surface area contributed by atoms with Crippen molar-refractivity contribution in [2.45, 2.75) is 37.3 Å². The highest BCUT2D eigenvalue weighted by Crippen LogP contribution is 2.49. The molecule has 1 aromatic carbocycles. The number of Topliss-reactive ketones (excluding diaryl/α,β-unsaturated/α-hetero) is 1. The van der Waals surface area contributed by atoms with E-state index in [1.54, 1.807) is 11.8 Å². The molecule has 18 heavy (non-hydrogen) atoms. The Hall–Kier alpha value is -1.02. The first-order valence-electron chi connectivity index (χ1n) is 6.53. The molecule has 0 unspecified atom stereocenters. The Balaban J connectivity index is 1.85. The van der Waals surface area contributed by atoms with E-state index in [9.17, 15) is 4.79 Å². The minimum Gasteiger partial charge on any atom is -0.298 e. The first-order chi connectivity index (χ1) is 8.58. The van der Waals surface area contributed by atoms with Gasteiger partial charge in [-0.25, -0.2) is 0 Å². The van der Waals surface area contributed by atoms with Crippen LogP contribution in [0.15, 0.2) is 29.2 Å². The first kappa shape index (κ1) is 12.0. The summed E-state index contributed by atoms with van der Waals surface area (Å²) < 4.78 is 0. The molecule has 1 fully saturated rings. The van der Waals surface area contributed by atoms with Crippen molar-refractivity contribution in [1.29, 1.82) is 0 Å². The van der Waals surface area contributed by atoms with Gasteiger partial charge in [0.2, 0.25) is 0 Å². The van der Waals surface area contributed by atoms with Crippen LogP contribution < -0.4 is 0 Å². The summed E-state index contributed by atoms with van der Waals surface area (Å²) in [4.78, 5) is 13.4. The van der Waals surface area contributed by atoms with Gasteiger partial charge in [-0.2, -0.15) is 0 Å². The van der Waals surface area contributed by atoms with Crippen molar-refractivity contribution in [2.75, 3.05) is 0 Å². The highest BCUT2D eigenvalue weighted by Gasteiger charge is 2.50. The fraction of sp³-hybridized carbons (Fsp3) is 0.438. The highest BCUT2D eigenvalue weighted by atomic mass is 32.2. The van der Waals surface area contributed by atoms with E-state index in [1.165, 1.54) is 21.6 Å². The second-order valence-electron chi connectivity index (χ2n) is 5.52. The standard InChI is InChI=1S/C16H18OS/c1-9-7-10(2)15(11(3)8-9)18-16-13-6-4-5-12(13)14(16)17/h4,6-8,12-13,16H,5H2,1-3H3/t12-,13+,16+/m1/s1. The molecule has 2 aliphatic rings. The van der Waals surface area contributed by atoms with Gasteiger partial charge in [0.1, 0.15) is 0 Å². The van der Waals surface area contributed by atoms with E-state index in [0.717, 1.165) is 6.42 Å². The van der Waals surface area contributed by atoms with E-state index < -0.39 is 0 Å². The van der Waals surface area contributed by atoms with Crippen LogP contribution in [0.4, 0.5) is 0 Å². The minimum atomic E-state index is 0.161. The third-order valence-electron chi connectivity index (χ3n) is 4.06. The van der Waals surface area contributed by atoms with Crippen molar-refractivity contribution >= 4 is 17.5 Å². The van der Waals surface area contributed by atoms with Crippen LogP contribution in [0.3, 0.4) is 0 Å². The molecule has 94 valence electrons. The van der Waals surface area contributed by atoms with Crippen LogP contribution in [0, 0.1) is 32.6 Å². The summed E-state index contributed by atoms with van der Waals surface area (Å²) in [5.74, 6) is 1.24. The third kappa shape index (κ3) is 1.74. The molecular formula is C16H18OS. The lowest BCUT2D eigenvalue weighted by molar-refractivity contribution is -0.130. The molecule has 2 aliphatic carbocycles. The van der Waals surface area contributed by atoms with E-state index >= 15 is 0 Å². The van der Waals surface area contributed by atoms with Gasteiger partial charge in [-0.1, -0.05) is 29.8 Å². The predicted molar refractivity (Wildman–Crippen MR) is 76.0 cm³/mol. The van der Waals surface area contributed by atoms with E-state index in [0.29, 0.717) is 17.6 Å². The van der Waals surface area contributed by atoms with Gasteiger partial charge in [-0.3, -0.25) is 4.79 Å². The number of rotatable bonds is 2. The zero-order chi connectivity index (χ0) is 12.9. The number of ketones is 1. The Morgan fingerprint density at radius 2 is 1.83 bits per heavy atom. The molecule has 3 rings (SSSR count). The summed E-state index contributed by atoms with van der Waals surface area (Å²) in [6.07, 6.45) is 5.37. The summed E-state index contributed by atoms with van der Waals surface area (Å²) in [6, 6.07) is 4.42. The first-order valence-corrected chi connectivity index (χ1v) is 7.41. The number of aryl methyl sites for hydroxylation is 3. The van der Waals surface area contributed by atoms with Gasteiger partial charge in [-0.05, 0) is 38.3 Å². The molecule has 0 aromatic heterocycles. The number of hydrogen-bond acceptors (Lipinski definition) is 2. The number of hydrogen-bond donors (Lipinski definition) is 0. The molecule has 0 saturated heterocycles. The van der Waals surface area contributed by atoms with Crippen LogP contribution in [0.25, 0.3) is 0 Å². The summed E-state index contributed by atoms with van der Waals surface area (Å²) in [5, 5.41) is 0.161. The molecule has 0 bridgehead atoms. The lowest BCUT2D eigenvalue weighted by Gasteiger charge is -2.38. The largest absolute Gasteiger partial charge is 0.298 e. The van der Waals surface area contributed by atoms with Crippen LogP contribution in [0.5, 0.6) is 0 Å². The molecule has 0 aliphatic heterocycles. The van der Waals surface area contributed by atoms with Crippen molar-refractivity contribution in [1.82, 2.24) is 0 Å². The van der Waals surface area contributed by atoms with Gasteiger partial charge in [0, 0.05) is 16.7 Å². The summed E-state index contributed by atoms with van der Waals surface area (Å²) in [5.41, 5.74) is 3.90. The summed E-state index contributed by atoms with van der Waals surface area (Å²) in [7, 11) is 0. The maximum Gasteiger partial charge on any atom is 0.150 e. The molecule has 0 amide bonds. The molecule has 0 heterocycles. The predicted octanol–water partition coefficient (Wildman–Crippen LogP) is 3.85. The molecule has 0 radical (unpaired) electrons. The van der Waals surface area contributed by atoms with Gasteiger partial charge < -0.3 is 0 Å². The lowest BCUT2D eigenvalue weighted by atomic mass is 9.74. The molecule has 2 heteroatoms. The maximum atomic E-state index is 12.1. The van der Waals surface area contributed by atoms with Crippen molar-refractivity contribution < 1.29 is 4.79 Å². The molecule has 0 spiro atoms. The molecule has 1 aromatic rings. The van der Waals surface area contributed by atoms with Crippen LogP contribution in [-0.2, 0) is 4.79 Å². The fourth-order valence-electron chi connectivity index (χ4n) is 3.19. The average molecular weight is 258 g/mol. The zero-order valence-electron chi connectivity index (χ0n) is 11.1. The van der Waals surface area contributed by atoms with Gasteiger partial charge in [0.25, 0.3) is 0 Å². The van der Waals surface area contributed by atoms with Crippen LogP contribution in [-0.4, -0.2) is 11.0 Å². The summed E-state index contributed by atoms with van der Waals surface area (Å²) >= 11 is 1.78. The van der Waals surface area contributed by atoms with Crippen LogP contribution >= 0.6 is 11.8 Å². The SMILES string of the molecule is Cc1cc(C)c(S[C@@H]2C(=O)[C@@H]3CC=C[C@H]23)c(C)c1. The van der Waals surface area contributed by atoms with Crippen molar-refractivity contribution in [2.24, 2.45) is 11.8 Å². The van der Waals surface area contributed by atoms with Crippen LogP contribution in [0.2, 0.25) is 0 Å². The number of fused-ring (bicyclic) bond motifs is 1. The van der Waals surface area contributed by atoms with E-state index in [-0.39, 0.29) is 5.25 Å². The van der Waals surface area contributed by atoms with E-state index in [1.807, 2.05) is 0 Å². The van der Waals surface area contributed by atoms with Crippen molar-refractivity contribution in [3.8, 4) is 0 Å². The normalized spacial score (nSPS) is 29.3. The Morgan fingerprint density at radius 3 is 2.50 bits per heavy atom. The smallest absolute Gasteiger partial charge is 0.150 e. The van der Waals surface area contributed by atoms with Gasteiger partial charge in [0.05, 0.1) is 5.25 Å². The number of thioether (sulfide) groups is 1. The molecule has 1 nitrogen and oxygen atoms in total. The van der Waals surface area contributed by atoms with Gasteiger partial charge in [-0.15, -0.1) is 11.8 Å². The number of benzene rings is 1. The molecule has 3 atom stereocenters. The second-order valence-corrected chi connectivity index (χ2v) is 6.67. The lowest BCUT2D eigenvalue weighted by Crippen LogP contribution is -2.47. The highest BCUT2D eigenvalue weighted by molar-refractivity contribution is 8.00. The summed E-state index contributed by atoms with van der Waals surface area (Å²) in [6.45, 7) is 6.42. The number of allylic oxidation sites excluding steroid dienone is 2. The quantitative estimate of drug-likeness (QED) is 0.750. The number of carbonyl (C=O) groups is 1. The van der Waals surface area contributed by atoms with Gasteiger partial charge >= 0.3 is 0 Å². The van der Waals surface area contributed by atoms with Crippen LogP contribution in [0.1, 0.15) is 23.1 Å². The second kappa shape index (κ2) is 4.27. The monoisotopic (exact) mass is 258 g/mol. The Kier molecular flexibility index (Phi) is 2.86. The maximum absolute atomic E-state index is 12.1. The Morgan fingerprint density at radius 1 is 1.17 bits per heavy atom. The van der Waals surface area contributed by atoms with Crippen molar-refractivity contribution in [3.63, 3.8) is 0 Å². The van der Waals surface area contributed by atoms with E-state index in [2.05, 4.69) is 45.1 Å². The fourth-order valence-corrected chi connectivity index (χ4v) is 4.66. The average Bonchev–Trinajstić information content (AvgIpc) is 2.72. The van der Waals surface area contributed by atoms with E-state index in [4.69, 9.17) is 0 Å². The Bertz CT molecular complexity index is 521.